The number of urea groups is 1. The number of aromatic nitrogens is 1. The predicted octanol–water partition coefficient (Wildman–Crippen LogP) is 2.71. The molecule has 0 unspecified atom stereocenters. The van der Waals surface area contributed by atoms with Crippen LogP contribution in [0.25, 0.3) is 0 Å². The molecule has 1 saturated carbocycles. The highest BCUT2D eigenvalue weighted by molar-refractivity contribution is 5.95. The standard InChI is InChI=1S/C19H30N4O2/c1-4-8-20-19(25)22-10-5-9-21(11-12-22)18(24)17-13-14(2)23(15(17)3)16-6-7-16/h13,16H,4-12H2,1-3H3,(H,20,25). The Hall–Kier alpha value is -1.98. The summed E-state index contributed by atoms with van der Waals surface area (Å²) in [6.45, 7) is 9.51. The van der Waals surface area contributed by atoms with Crippen molar-refractivity contribution in [2.45, 2.75) is 52.5 Å². The molecule has 2 heterocycles. The molecule has 0 radical (unpaired) electrons. The molecule has 1 aliphatic heterocycles. The molecule has 3 amide bonds. The van der Waals surface area contributed by atoms with Gasteiger partial charge in [0.1, 0.15) is 0 Å². The van der Waals surface area contributed by atoms with Crippen LogP contribution in [0, 0.1) is 13.8 Å². The molecule has 138 valence electrons. The van der Waals surface area contributed by atoms with Crippen LogP contribution >= 0.6 is 0 Å². The van der Waals surface area contributed by atoms with Gasteiger partial charge in [-0.1, -0.05) is 6.92 Å². The van der Waals surface area contributed by atoms with Gasteiger partial charge in [-0.3, -0.25) is 4.79 Å². The van der Waals surface area contributed by atoms with Crippen molar-refractivity contribution >= 4 is 11.9 Å². The number of rotatable bonds is 4. The largest absolute Gasteiger partial charge is 0.345 e. The molecular weight excluding hydrogens is 316 g/mol. The summed E-state index contributed by atoms with van der Waals surface area (Å²) in [6.07, 6.45) is 4.19. The summed E-state index contributed by atoms with van der Waals surface area (Å²) in [6, 6.07) is 2.61. The second-order valence-corrected chi connectivity index (χ2v) is 7.25. The van der Waals surface area contributed by atoms with Crippen LogP contribution in [0.15, 0.2) is 6.07 Å². The van der Waals surface area contributed by atoms with Gasteiger partial charge in [0.25, 0.3) is 5.91 Å². The van der Waals surface area contributed by atoms with E-state index in [1.165, 1.54) is 18.5 Å². The van der Waals surface area contributed by atoms with Gasteiger partial charge in [-0.15, -0.1) is 0 Å². The van der Waals surface area contributed by atoms with Gasteiger partial charge in [-0.05, 0) is 45.6 Å². The average Bonchev–Trinajstić information content (AvgIpc) is 3.40. The normalized spacial score (nSPS) is 18.2. The van der Waals surface area contributed by atoms with Gasteiger partial charge in [-0.25, -0.2) is 4.79 Å². The third kappa shape index (κ3) is 3.83. The molecule has 3 rings (SSSR count). The summed E-state index contributed by atoms with van der Waals surface area (Å²) in [5.74, 6) is 0.107. The van der Waals surface area contributed by atoms with Crippen LogP contribution < -0.4 is 5.32 Å². The Morgan fingerprint density at radius 3 is 2.48 bits per heavy atom. The number of aryl methyl sites for hydroxylation is 1. The van der Waals surface area contributed by atoms with E-state index in [0.717, 1.165) is 24.1 Å². The Morgan fingerprint density at radius 1 is 1.12 bits per heavy atom. The number of nitrogens with one attached hydrogen (secondary N) is 1. The average molecular weight is 346 g/mol. The lowest BCUT2D eigenvalue weighted by Gasteiger charge is -2.22. The van der Waals surface area contributed by atoms with E-state index in [-0.39, 0.29) is 11.9 Å². The number of hydrogen-bond donors (Lipinski definition) is 1. The molecule has 1 aromatic heterocycles. The third-order valence-corrected chi connectivity index (χ3v) is 5.22. The van der Waals surface area contributed by atoms with E-state index in [0.29, 0.717) is 38.8 Å². The maximum Gasteiger partial charge on any atom is 0.317 e. The van der Waals surface area contributed by atoms with E-state index < -0.39 is 0 Å². The van der Waals surface area contributed by atoms with E-state index in [4.69, 9.17) is 0 Å². The topological polar surface area (TPSA) is 57.6 Å². The van der Waals surface area contributed by atoms with Crippen molar-refractivity contribution in [1.29, 1.82) is 0 Å². The SMILES string of the molecule is CCCNC(=O)N1CCCN(C(=O)c2cc(C)n(C3CC3)c2C)CC1. The van der Waals surface area contributed by atoms with Crippen molar-refractivity contribution in [2.75, 3.05) is 32.7 Å². The summed E-state index contributed by atoms with van der Waals surface area (Å²) in [7, 11) is 0. The smallest absolute Gasteiger partial charge is 0.317 e. The van der Waals surface area contributed by atoms with Crippen LogP contribution in [0.3, 0.4) is 0 Å². The summed E-state index contributed by atoms with van der Waals surface area (Å²) in [4.78, 5) is 28.9. The van der Waals surface area contributed by atoms with Crippen LogP contribution in [-0.4, -0.2) is 59.0 Å². The molecule has 1 aromatic rings. The highest BCUT2D eigenvalue weighted by Gasteiger charge is 2.30. The highest BCUT2D eigenvalue weighted by atomic mass is 16.2. The first kappa shape index (κ1) is 17.8. The fourth-order valence-corrected chi connectivity index (χ4v) is 3.73. The van der Waals surface area contributed by atoms with Crippen LogP contribution in [0.1, 0.15) is 60.4 Å². The monoisotopic (exact) mass is 346 g/mol. The molecule has 0 aromatic carbocycles. The van der Waals surface area contributed by atoms with Gasteiger partial charge in [0.2, 0.25) is 0 Å². The van der Waals surface area contributed by atoms with Crippen molar-refractivity contribution < 1.29 is 9.59 Å². The van der Waals surface area contributed by atoms with E-state index in [9.17, 15) is 9.59 Å². The van der Waals surface area contributed by atoms with Gasteiger partial charge < -0.3 is 19.7 Å². The minimum Gasteiger partial charge on any atom is -0.345 e. The fourth-order valence-electron chi connectivity index (χ4n) is 3.73. The maximum absolute atomic E-state index is 13.0. The van der Waals surface area contributed by atoms with Gasteiger partial charge in [-0.2, -0.15) is 0 Å². The van der Waals surface area contributed by atoms with Crippen LogP contribution in [0.4, 0.5) is 4.79 Å². The fraction of sp³-hybridized carbons (Fsp3) is 0.684. The number of carbonyl (C=O) groups excluding carboxylic acids is 2. The van der Waals surface area contributed by atoms with E-state index in [2.05, 4.69) is 23.7 Å². The maximum atomic E-state index is 13.0. The lowest BCUT2D eigenvalue weighted by Crippen LogP contribution is -2.42. The van der Waals surface area contributed by atoms with Gasteiger partial charge in [0, 0.05) is 50.2 Å². The number of hydrogen-bond acceptors (Lipinski definition) is 2. The van der Waals surface area contributed by atoms with Gasteiger partial charge in [0.15, 0.2) is 0 Å². The minimum absolute atomic E-state index is 0.0111. The Labute approximate surface area is 150 Å². The third-order valence-electron chi connectivity index (χ3n) is 5.22. The molecule has 1 aliphatic carbocycles. The first-order valence-corrected chi connectivity index (χ1v) is 9.53. The Morgan fingerprint density at radius 2 is 1.80 bits per heavy atom. The minimum atomic E-state index is -0.0111. The van der Waals surface area contributed by atoms with Crippen molar-refractivity contribution in [3.05, 3.63) is 23.0 Å². The van der Waals surface area contributed by atoms with Gasteiger partial charge in [0.05, 0.1) is 5.56 Å². The van der Waals surface area contributed by atoms with Gasteiger partial charge >= 0.3 is 6.03 Å². The molecule has 0 bridgehead atoms. The molecule has 6 heteroatoms. The first-order chi connectivity index (χ1) is 12.0. The Bertz CT molecular complexity index is 648. The zero-order chi connectivity index (χ0) is 18.0. The highest BCUT2D eigenvalue weighted by Crippen LogP contribution is 2.38. The van der Waals surface area contributed by atoms with Crippen molar-refractivity contribution in [2.24, 2.45) is 0 Å². The molecule has 0 spiro atoms. The molecule has 2 fully saturated rings. The van der Waals surface area contributed by atoms with Crippen LogP contribution in [0.2, 0.25) is 0 Å². The van der Waals surface area contributed by atoms with E-state index in [1.807, 2.05) is 22.8 Å². The molecule has 1 N–H and O–H groups in total. The first-order valence-electron chi connectivity index (χ1n) is 9.53. The molecule has 1 saturated heterocycles. The quantitative estimate of drug-likeness (QED) is 0.911. The Kier molecular flexibility index (Phi) is 5.35. The van der Waals surface area contributed by atoms with Crippen LogP contribution in [0.5, 0.6) is 0 Å². The summed E-state index contributed by atoms with van der Waals surface area (Å²) >= 11 is 0. The summed E-state index contributed by atoms with van der Waals surface area (Å²) < 4.78 is 2.32. The zero-order valence-corrected chi connectivity index (χ0v) is 15.7. The zero-order valence-electron chi connectivity index (χ0n) is 15.7. The van der Waals surface area contributed by atoms with Crippen molar-refractivity contribution in [3.63, 3.8) is 0 Å². The lowest BCUT2D eigenvalue weighted by atomic mass is 10.2. The number of amides is 3. The molecule has 0 atom stereocenters. The molecule has 2 aliphatic rings. The molecular formula is C19H30N4O2. The van der Waals surface area contributed by atoms with Crippen LogP contribution in [-0.2, 0) is 0 Å². The summed E-state index contributed by atoms with van der Waals surface area (Å²) in [5.41, 5.74) is 3.10. The lowest BCUT2D eigenvalue weighted by molar-refractivity contribution is 0.0761. The second-order valence-electron chi connectivity index (χ2n) is 7.25. The van der Waals surface area contributed by atoms with E-state index >= 15 is 0 Å². The van der Waals surface area contributed by atoms with Crippen molar-refractivity contribution in [1.82, 2.24) is 19.7 Å². The number of nitrogens with zero attached hydrogens (tertiary/aromatic N) is 3. The number of carbonyl (C=O) groups is 2. The van der Waals surface area contributed by atoms with Crippen molar-refractivity contribution in [3.8, 4) is 0 Å². The molecule has 6 nitrogen and oxygen atoms in total. The van der Waals surface area contributed by atoms with E-state index in [1.54, 1.807) is 0 Å². The molecule has 25 heavy (non-hydrogen) atoms. The predicted molar refractivity (Wildman–Crippen MR) is 98.0 cm³/mol. The second kappa shape index (κ2) is 7.50. The summed E-state index contributed by atoms with van der Waals surface area (Å²) in [5, 5.41) is 2.93. The Balaban J connectivity index is 1.65.